The maximum Gasteiger partial charge on any atom is 0.340 e. The number of hydrogen-bond acceptors (Lipinski definition) is 4. The van der Waals surface area contributed by atoms with Gasteiger partial charge in [0.15, 0.2) is 0 Å². The van der Waals surface area contributed by atoms with E-state index in [1.54, 1.807) is 36.1 Å². The fourth-order valence-corrected chi connectivity index (χ4v) is 3.71. The number of nitrogens with one attached hydrogen (secondary N) is 1. The van der Waals surface area contributed by atoms with Gasteiger partial charge >= 0.3 is 5.97 Å². The zero-order valence-electron chi connectivity index (χ0n) is 15.5. The van der Waals surface area contributed by atoms with Gasteiger partial charge in [0.25, 0.3) is 11.5 Å². The third-order valence-corrected chi connectivity index (χ3v) is 5.05. The largest absolute Gasteiger partial charge is 0.462 e. The summed E-state index contributed by atoms with van der Waals surface area (Å²) in [7, 11) is 0. The number of esters is 1. The van der Waals surface area contributed by atoms with Crippen molar-refractivity contribution in [2.75, 3.05) is 13.2 Å². The molecule has 0 fully saturated rings. The molecule has 6 heteroatoms. The number of para-hydroxylation sites is 1. The van der Waals surface area contributed by atoms with E-state index in [0.717, 1.165) is 10.9 Å². The third kappa shape index (κ3) is 3.07. The molecule has 1 N–H and O–H groups in total. The average Bonchev–Trinajstić information content (AvgIpc) is 2.73. The number of nitrogens with zero attached hydrogens (tertiary/aromatic N) is 1. The molecule has 0 unspecified atom stereocenters. The number of H-pyrrole nitrogens is 1. The van der Waals surface area contributed by atoms with Crippen molar-refractivity contribution >= 4 is 22.8 Å². The minimum atomic E-state index is -0.458. The highest BCUT2D eigenvalue weighted by atomic mass is 16.5. The predicted molar refractivity (Wildman–Crippen MR) is 105 cm³/mol. The van der Waals surface area contributed by atoms with Crippen LogP contribution < -0.4 is 5.56 Å². The molecule has 142 valence electrons. The van der Waals surface area contributed by atoms with E-state index in [2.05, 4.69) is 4.98 Å². The molecule has 1 amide bonds. The summed E-state index contributed by atoms with van der Waals surface area (Å²) in [4.78, 5) is 42.3. The van der Waals surface area contributed by atoms with Crippen molar-refractivity contribution in [2.45, 2.75) is 19.9 Å². The molecule has 2 heterocycles. The summed E-state index contributed by atoms with van der Waals surface area (Å²) < 4.78 is 5.10. The lowest BCUT2D eigenvalue weighted by Crippen LogP contribution is -2.39. The van der Waals surface area contributed by atoms with Crippen LogP contribution in [-0.2, 0) is 17.7 Å². The molecule has 0 bridgehead atoms. The van der Waals surface area contributed by atoms with Crippen molar-refractivity contribution < 1.29 is 14.3 Å². The van der Waals surface area contributed by atoms with E-state index in [1.165, 1.54) is 0 Å². The van der Waals surface area contributed by atoms with Crippen LogP contribution in [0.15, 0.2) is 53.3 Å². The lowest BCUT2D eigenvalue weighted by molar-refractivity contribution is 0.0528. The standard InChI is InChI=1S/C22H20N2O4/c1-2-28-22(27)17-10-6-9-16-15-11-12-24(13-18(15)20(25)23-19(16)17)21(26)14-7-4-3-5-8-14/h3-10H,2,11-13H2,1H3,(H,23,25). The zero-order valence-corrected chi connectivity index (χ0v) is 15.5. The molecule has 2 aromatic carbocycles. The Morgan fingerprint density at radius 1 is 1.07 bits per heavy atom. The Morgan fingerprint density at radius 3 is 2.61 bits per heavy atom. The summed E-state index contributed by atoms with van der Waals surface area (Å²) in [5.41, 5.74) is 2.64. The Bertz CT molecular complexity index is 1120. The molecule has 0 atom stereocenters. The highest BCUT2D eigenvalue weighted by molar-refractivity contribution is 6.03. The Kier molecular flexibility index (Phi) is 4.69. The number of pyridine rings is 1. The Balaban J connectivity index is 1.75. The molecule has 1 aromatic heterocycles. The van der Waals surface area contributed by atoms with Gasteiger partial charge in [0, 0.05) is 23.1 Å². The van der Waals surface area contributed by atoms with Gasteiger partial charge in [-0.1, -0.05) is 30.3 Å². The second-order valence-corrected chi connectivity index (χ2v) is 6.70. The van der Waals surface area contributed by atoms with Gasteiger partial charge in [0.1, 0.15) is 0 Å². The minimum absolute atomic E-state index is 0.0916. The van der Waals surface area contributed by atoms with Crippen LogP contribution in [0.2, 0.25) is 0 Å². The van der Waals surface area contributed by atoms with Gasteiger partial charge in [0.2, 0.25) is 0 Å². The molecule has 0 saturated heterocycles. The lowest BCUT2D eigenvalue weighted by Gasteiger charge is -2.29. The quantitative estimate of drug-likeness (QED) is 0.713. The molecule has 3 aromatic rings. The second-order valence-electron chi connectivity index (χ2n) is 6.70. The Labute approximate surface area is 161 Å². The van der Waals surface area contributed by atoms with Crippen molar-refractivity contribution in [1.29, 1.82) is 0 Å². The molecular weight excluding hydrogens is 356 g/mol. The highest BCUT2D eigenvalue weighted by Crippen LogP contribution is 2.27. The van der Waals surface area contributed by atoms with Crippen LogP contribution in [-0.4, -0.2) is 34.9 Å². The maximum atomic E-state index is 12.8. The number of carbonyl (C=O) groups excluding carboxylic acids is 2. The Hall–Kier alpha value is -3.41. The number of rotatable bonds is 3. The first-order chi connectivity index (χ1) is 13.6. The topological polar surface area (TPSA) is 79.5 Å². The molecule has 0 aliphatic carbocycles. The van der Waals surface area contributed by atoms with E-state index in [-0.39, 0.29) is 24.6 Å². The first-order valence-electron chi connectivity index (χ1n) is 9.28. The lowest BCUT2D eigenvalue weighted by atomic mass is 9.94. The highest BCUT2D eigenvalue weighted by Gasteiger charge is 2.26. The van der Waals surface area contributed by atoms with Crippen molar-refractivity contribution in [3.63, 3.8) is 0 Å². The smallest absolute Gasteiger partial charge is 0.340 e. The van der Waals surface area contributed by atoms with Gasteiger partial charge in [-0.05, 0) is 37.1 Å². The van der Waals surface area contributed by atoms with Crippen LogP contribution in [0.1, 0.15) is 38.8 Å². The molecular formula is C22H20N2O4. The van der Waals surface area contributed by atoms with Crippen LogP contribution in [0.25, 0.3) is 10.9 Å². The van der Waals surface area contributed by atoms with Crippen LogP contribution in [0.3, 0.4) is 0 Å². The monoisotopic (exact) mass is 376 g/mol. The molecule has 1 aliphatic rings. The summed E-state index contributed by atoms with van der Waals surface area (Å²) in [6.45, 7) is 2.77. The summed E-state index contributed by atoms with van der Waals surface area (Å²) in [6, 6.07) is 14.4. The number of hydrogen-bond donors (Lipinski definition) is 1. The number of ether oxygens (including phenoxy) is 1. The summed E-state index contributed by atoms with van der Waals surface area (Å²) >= 11 is 0. The van der Waals surface area contributed by atoms with Crippen molar-refractivity contribution in [3.05, 3.63) is 81.1 Å². The van der Waals surface area contributed by atoms with E-state index < -0.39 is 5.97 Å². The minimum Gasteiger partial charge on any atom is -0.462 e. The fourth-order valence-electron chi connectivity index (χ4n) is 3.71. The molecule has 0 saturated carbocycles. The molecule has 4 rings (SSSR count). The number of aromatic nitrogens is 1. The molecule has 6 nitrogen and oxygen atoms in total. The fraction of sp³-hybridized carbons (Fsp3) is 0.227. The summed E-state index contributed by atoms with van der Waals surface area (Å²) in [5.74, 6) is -0.550. The summed E-state index contributed by atoms with van der Waals surface area (Å²) in [5, 5.41) is 0.826. The number of aromatic amines is 1. The second kappa shape index (κ2) is 7.31. The van der Waals surface area contributed by atoms with Crippen molar-refractivity contribution in [3.8, 4) is 0 Å². The normalized spacial score (nSPS) is 13.2. The first-order valence-corrected chi connectivity index (χ1v) is 9.28. The first kappa shape index (κ1) is 18.0. The van der Waals surface area contributed by atoms with Crippen LogP contribution >= 0.6 is 0 Å². The summed E-state index contributed by atoms with van der Waals surface area (Å²) in [6.07, 6.45) is 0.556. The van der Waals surface area contributed by atoms with Crippen LogP contribution in [0, 0.1) is 0 Å². The van der Waals surface area contributed by atoms with Gasteiger partial charge in [-0.3, -0.25) is 9.59 Å². The van der Waals surface area contributed by atoms with Crippen molar-refractivity contribution in [1.82, 2.24) is 9.88 Å². The number of benzene rings is 2. The van der Waals surface area contributed by atoms with E-state index in [1.807, 2.05) is 24.3 Å². The number of amides is 1. The van der Waals surface area contributed by atoms with E-state index in [9.17, 15) is 14.4 Å². The molecule has 1 aliphatic heterocycles. The van der Waals surface area contributed by atoms with Gasteiger partial charge < -0.3 is 14.6 Å². The van der Waals surface area contributed by atoms with Gasteiger partial charge in [-0.25, -0.2) is 4.79 Å². The molecule has 0 spiro atoms. The van der Waals surface area contributed by atoms with Crippen LogP contribution in [0.4, 0.5) is 0 Å². The third-order valence-electron chi connectivity index (χ3n) is 5.05. The van der Waals surface area contributed by atoms with Gasteiger partial charge in [-0.15, -0.1) is 0 Å². The number of carbonyl (C=O) groups is 2. The van der Waals surface area contributed by atoms with E-state index in [4.69, 9.17) is 4.74 Å². The van der Waals surface area contributed by atoms with Gasteiger partial charge in [0.05, 0.1) is 24.2 Å². The maximum absolute atomic E-state index is 12.8. The number of fused-ring (bicyclic) bond motifs is 3. The Morgan fingerprint density at radius 2 is 1.86 bits per heavy atom. The van der Waals surface area contributed by atoms with Crippen LogP contribution in [0.5, 0.6) is 0 Å². The van der Waals surface area contributed by atoms with Crippen molar-refractivity contribution in [2.24, 2.45) is 0 Å². The SMILES string of the molecule is CCOC(=O)c1cccc2c3c(c(=O)[nH]c12)CN(C(=O)c1ccccc1)CC3. The molecule has 0 radical (unpaired) electrons. The zero-order chi connectivity index (χ0) is 19.7. The van der Waals surface area contributed by atoms with E-state index in [0.29, 0.717) is 35.2 Å². The van der Waals surface area contributed by atoms with E-state index >= 15 is 0 Å². The van der Waals surface area contributed by atoms with Gasteiger partial charge in [-0.2, -0.15) is 0 Å². The predicted octanol–water partition coefficient (Wildman–Crippen LogP) is 2.90. The average molecular weight is 376 g/mol. The molecule has 28 heavy (non-hydrogen) atoms.